The van der Waals surface area contributed by atoms with Gasteiger partial charge in [-0.3, -0.25) is 4.79 Å². The Bertz CT molecular complexity index is 833. The van der Waals surface area contributed by atoms with E-state index in [0.29, 0.717) is 11.1 Å². The molecule has 0 aliphatic carbocycles. The van der Waals surface area contributed by atoms with E-state index in [4.69, 9.17) is 11.6 Å². The average Bonchev–Trinajstić information content (AvgIpc) is 2.48. The number of aromatic hydroxyl groups is 1. The fourth-order valence-corrected chi connectivity index (χ4v) is 2.29. The molecule has 5 heteroatoms. The van der Waals surface area contributed by atoms with Crippen LogP contribution in [0.15, 0.2) is 54.6 Å². The number of benzene rings is 2. The predicted octanol–water partition coefficient (Wildman–Crippen LogP) is 3.85. The van der Waals surface area contributed by atoms with E-state index >= 15 is 0 Å². The highest BCUT2D eigenvalue weighted by atomic mass is 35.5. The number of phenolic OH excluding ortho intramolecular Hbond substituents is 1. The number of phenols is 1. The van der Waals surface area contributed by atoms with Gasteiger partial charge in [-0.05, 0) is 24.3 Å². The molecular weight excluding hydrogens is 288 g/mol. The molecule has 2 aromatic carbocycles. The van der Waals surface area contributed by atoms with E-state index in [2.05, 4.69) is 10.3 Å². The highest BCUT2D eigenvalue weighted by Gasteiger charge is 2.10. The maximum atomic E-state index is 12.2. The number of anilines is 1. The number of nitrogens with one attached hydrogen (secondary N) is 1. The number of nitrogens with zero attached hydrogens (tertiary/aromatic N) is 1. The van der Waals surface area contributed by atoms with E-state index in [-0.39, 0.29) is 22.5 Å². The monoisotopic (exact) mass is 298 g/mol. The molecule has 2 N–H and O–H groups in total. The highest BCUT2D eigenvalue weighted by Crippen LogP contribution is 2.29. The van der Waals surface area contributed by atoms with Crippen molar-refractivity contribution in [3.05, 3.63) is 65.4 Å². The molecule has 0 aliphatic heterocycles. The molecule has 1 aromatic heterocycles. The van der Waals surface area contributed by atoms with Gasteiger partial charge in [0.15, 0.2) is 0 Å². The SMILES string of the molecule is O=C(Nc1cccc2c(O)cccc12)c1cccc(Cl)n1. The Balaban J connectivity index is 1.99. The minimum atomic E-state index is -0.353. The lowest BCUT2D eigenvalue weighted by Crippen LogP contribution is -2.13. The molecule has 0 saturated heterocycles. The average molecular weight is 299 g/mol. The zero-order valence-electron chi connectivity index (χ0n) is 10.9. The summed E-state index contributed by atoms with van der Waals surface area (Å²) in [5.74, 6) is -0.183. The van der Waals surface area contributed by atoms with E-state index in [1.807, 2.05) is 6.07 Å². The molecule has 1 heterocycles. The second-order valence-corrected chi connectivity index (χ2v) is 4.86. The summed E-state index contributed by atoms with van der Waals surface area (Å²) < 4.78 is 0. The topological polar surface area (TPSA) is 62.2 Å². The van der Waals surface area contributed by atoms with E-state index in [0.717, 1.165) is 5.39 Å². The third-order valence-electron chi connectivity index (χ3n) is 3.10. The third kappa shape index (κ3) is 2.66. The molecule has 0 fully saturated rings. The van der Waals surface area contributed by atoms with Crippen LogP contribution in [0.25, 0.3) is 10.8 Å². The van der Waals surface area contributed by atoms with Gasteiger partial charge < -0.3 is 10.4 Å². The largest absolute Gasteiger partial charge is 0.507 e. The lowest BCUT2D eigenvalue weighted by molar-refractivity contribution is 0.102. The molecule has 21 heavy (non-hydrogen) atoms. The zero-order chi connectivity index (χ0) is 14.8. The van der Waals surface area contributed by atoms with Crippen LogP contribution in [0.3, 0.4) is 0 Å². The molecule has 4 nitrogen and oxygen atoms in total. The van der Waals surface area contributed by atoms with Crippen molar-refractivity contribution in [1.82, 2.24) is 4.98 Å². The number of rotatable bonds is 2. The lowest BCUT2D eigenvalue weighted by atomic mass is 10.1. The molecule has 0 atom stereocenters. The van der Waals surface area contributed by atoms with Gasteiger partial charge in [0.2, 0.25) is 0 Å². The van der Waals surface area contributed by atoms with Gasteiger partial charge >= 0.3 is 0 Å². The summed E-state index contributed by atoms with van der Waals surface area (Å²) in [6, 6.07) is 15.3. The van der Waals surface area contributed by atoms with Crippen LogP contribution in [0, 0.1) is 0 Å². The van der Waals surface area contributed by atoms with Crippen LogP contribution in [-0.2, 0) is 0 Å². The smallest absolute Gasteiger partial charge is 0.274 e. The van der Waals surface area contributed by atoms with Crippen molar-refractivity contribution in [2.75, 3.05) is 5.32 Å². The molecule has 0 saturated carbocycles. The molecule has 104 valence electrons. The summed E-state index contributed by atoms with van der Waals surface area (Å²) in [7, 11) is 0. The maximum absolute atomic E-state index is 12.2. The van der Waals surface area contributed by atoms with Crippen LogP contribution >= 0.6 is 11.6 Å². The number of amides is 1. The van der Waals surface area contributed by atoms with E-state index in [1.165, 1.54) is 0 Å². The number of carbonyl (C=O) groups excluding carboxylic acids is 1. The third-order valence-corrected chi connectivity index (χ3v) is 3.31. The fourth-order valence-electron chi connectivity index (χ4n) is 2.12. The van der Waals surface area contributed by atoms with Crippen molar-refractivity contribution in [3.8, 4) is 5.75 Å². The van der Waals surface area contributed by atoms with Gasteiger partial charge in [-0.15, -0.1) is 0 Å². The first-order valence-corrected chi connectivity index (χ1v) is 6.67. The molecule has 0 aliphatic rings. The van der Waals surface area contributed by atoms with Gasteiger partial charge in [-0.1, -0.05) is 41.9 Å². The fraction of sp³-hybridized carbons (Fsp3) is 0. The molecule has 3 aromatic rings. The Morgan fingerprint density at radius 3 is 2.52 bits per heavy atom. The summed E-state index contributed by atoms with van der Waals surface area (Å²) in [6.07, 6.45) is 0. The van der Waals surface area contributed by atoms with Crippen LogP contribution in [-0.4, -0.2) is 16.0 Å². The van der Waals surface area contributed by atoms with E-state index in [1.54, 1.807) is 48.5 Å². The number of pyridine rings is 1. The van der Waals surface area contributed by atoms with Crippen LogP contribution < -0.4 is 5.32 Å². The van der Waals surface area contributed by atoms with Crippen LogP contribution in [0.5, 0.6) is 5.75 Å². The summed E-state index contributed by atoms with van der Waals surface area (Å²) in [6.45, 7) is 0. The van der Waals surface area contributed by atoms with Crippen molar-refractivity contribution in [2.45, 2.75) is 0 Å². The highest BCUT2D eigenvalue weighted by molar-refractivity contribution is 6.29. The molecule has 0 unspecified atom stereocenters. The second-order valence-electron chi connectivity index (χ2n) is 4.48. The molecule has 0 radical (unpaired) electrons. The first-order valence-electron chi connectivity index (χ1n) is 6.30. The number of halogens is 1. The van der Waals surface area contributed by atoms with Crippen molar-refractivity contribution in [3.63, 3.8) is 0 Å². The Kier molecular flexibility index (Phi) is 3.46. The standard InChI is InChI=1S/C16H11ClN2O2/c17-15-9-3-7-13(18-15)16(21)19-12-6-1-5-11-10(12)4-2-8-14(11)20/h1-9,20H,(H,19,21). The predicted molar refractivity (Wildman–Crippen MR) is 82.8 cm³/mol. The number of hydrogen-bond donors (Lipinski definition) is 2. The van der Waals surface area contributed by atoms with Crippen molar-refractivity contribution in [2.24, 2.45) is 0 Å². The Morgan fingerprint density at radius 2 is 1.71 bits per heavy atom. The van der Waals surface area contributed by atoms with Gasteiger partial charge in [0, 0.05) is 16.5 Å². The Morgan fingerprint density at radius 1 is 1.00 bits per heavy atom. The van der Waals surface area contributed by atoms with Crippen molar-refractivity contribution < 1.29 is 9.90 Å². The summed E-state index contributed by atoms with van der Waals surface area (Å²) in [5, 5.41) is 14.3. The lowest BCUT2D eigenvalue weighted by Gasteiger charge is -2.09. The van der Waals surface area contributed by atoms with Gasteiger partial charge in [0.25, 0.3) is 5.91 Å². The number of hydrogen-bond acceptors (Lipinski definition) is 3. The first kappa shape index (κ1) is 13.4. The van der Waals surface area contributed by atoms with Crippen LogP contribution in [0.4, 0.5) is 5.69 Å². The Labute approximate surface area is 126 Å². The normalized spacial score (nSPS) is 10.5. The molecule has 1 amide bonds. The Hall–Kier alpha value is -2.59. The van der Waals surface area contributed by atoms with Crippen LogP contribution in [0.2, 0.25) is 5.15 Å². The zero-order valence-corrected chi connectivity index (χ0v) is 11.6. The van der Waals surface area contributed by atoms with Gasteiger partial charge in [-0.2, -0.15) is 0 Å². The van der Waals surface area contributed by atoms with Crippen molar-refractivity contribution >= 4 is 34.0 Å². The van der Waals surface area contributed by atoms with Crippen molar-refractivity contribution in [1.29, 1.82) is 0 Å². The summed E-state index contributed by atoms with van der Waals surface area (Å²) >= 11 is 5.78. The van der Waals surface area contributed by atoms with E-state index in [9.17, 15) is 9.90 Å². The molecular formula is C16H11ClN2O2. The maximum Gasteiger partial charge on any atom is 0.274 e. The first-order chi connectivity index (χ1) is 10.1. The number of fused-ring (bicyclic) bond motifs is 1. The van der Waals surface area contributed by atoms with E-state index < -0.39 is 0 Å². The minimum Gasteiger partial charge on any atom is -0.507 e. The molecule has 0 bridgehead atoms. The number of carbonyl (C=O) groups is 1. The second kappa shape index (κ2) is 5.42. The summed E-state index contributed by atoms with van der Waals surface area (Å²) in [4.78, 5) is 16.2. The quantitative estimate of drug-likeness (QED) is 0.706. The molecule has 0 spiro atoms. The van der Waals surface area contributed by atoms with Gasteiger partial charge in [0.1, 0.15) is 16.6 Å². The molecule has 3 rings (SSSR count). The van der Waals surface area contributed by atoms with Gasteiger partial charge in [-0.25, -0.2) is 4.98 Å². The minimum absolute atomic E-state index is 0.171. The van der Waals surface area contributed by atoms with Gasteiger partial charge in [0.05, 0.1) is 0 Å². The van der Waals surface area contributed by atoms with Crippen LogP contribution in [0.1, 0.15) is 10.5 Å². The summed E-state index contributed by atoms with van der Waals surface area (Å²) in [5.41, 5.74) is 0.842. The number of aromatic nitrogens is 1.